The van der Waals surface area contributed by atoms with Gasteiger partial charge in [0.1, 0.15) is 4.60 Å². The summed E-state index contributed by atoms with van der Waals surface area (Å²) in [5.74, 6) is 0.551. The fraction of sp³-hybridized carbons (Fsp3) is 0.600. The molecule has 0 saturated heterocycles. The number of hydrogen-bond acceptors (Lipinski definition) is 2. The second kappa shape index (κ2) is 7.63. The van der Waals surface area contributed by atoms with Crippen LogP contribution in [-0.4, -0.2) is 28.4 Å². The zero-order valence-corrected chi connectivity index (χ0v) is 13.8. The van der Waals surface area contributed by atoms with Crippen LogP contribution in [0.5, 0.6) is 0 Å². The normalized spacial score (nSPS) is 11.1. The molecule has 1 heterocycles. The smallest absolute Gasteiger partial charge is 0.255 e. The van der Waals surface area contributed by atoms with Crippen LogP contribution in [0.2, 0.25) is 0 Å². The van der Waals surface area contributed by atoms with Gasteiger partial charge in [-0.1, -0.05) is 27.7 Å². The summed E-state index contributed by atoms with van der Waals surface area (Å²) in [5, 5.41) is 0. The summed E-state index contributed by atoms with van der Waals surface area (Å²) in [5.41, 5.74) is 0.663. The van der Waals surface area contributed by atoms with Gasteiger partial charge in [-0.2, -0.15) is 0 Å². The Labute approximate surface area is 124 Å². The number of pyridine rings is 1. The Bertz CT molecular complexity index is 399. The average Bonchev–Trinajstić information content (AvgIpc) is 2.38. The molecular weight excluding hydrogens is 304 g/mol. The fourth-order valence-electron chi connectivity index (χ4n) is 2.19. The standard InChI is InChI=1S/C15H23BrN2O/c1-5-13(6-2)18(10-11(3)4)15(19)12-7-8-14(16)17-9-12/h7-9,11,13H,5-6,10H2,1-4H3. The molecule has 106 valence electrons. The van der Waals surface area contributed by atoms with Gasteiger partial charge in [0.15, 0.2) is 0 Å². The van der Waals surface area contributed by atoms with Gasteiger partial charge in [0.2, 0.25) is 0 Å². The molecule has 3 nitrogen and oxygen atoms in total. The van der Waals surface area contributed by atoms with Crippen molar-refractivity contribution in [3.05, 3.63) is 28.5 Å². The van der Waals surface area contributed by atoms with E-state index in [0.717, 1.165) is 24.0 Å². The van der Waals surface area contributed by atoms with Gasteiger partial charge in [-0.15, -0.1) is 0 Å². The van der Waals surface area contributed by atoms with Crippen LogP contribution in [0, 0.1) is 5.92 Å². The first-order valence-electron chi connectivity index (χ1n) is 6.92. The van der Waals surface area contributed by atoms with Crippen molar-refractivity contribution in [1.29, 1.82) is 0 Å². The molecule has 1 amide bonds. The Kier molecular flexibility index (Phi) is 6.49. The van der Waals surface area contributed by atoms with E-state index in [1.54, 1.807) is 6.20 Å². The molecule has 0 aromatic carbocycles. The Hall–Kier alpha value is -0.900. The predicted molar refractivity (Wildman–Crippen MR) is 82.2 cm³/mol. The van der Waals surface area contributed by atoms with Crippen molar-refractivity contribution in [2.45, 2.75) is 46.6 Å². The molecule has 4 heteroatoms. The van der Waals surface area contributed by atoms with Gasteiger partial charge in [-0.05, 0) is 46.8 Å². The largest absolute Gasteiger partial charge is 0.335 e. The molecule has 1 aromatic rings. The van der Waals surface area contributed by atoms with E-state index >= 15 is 0 Å². The highest BCUT2D eigenvalue weighted by atomic mass is 79.9. The first-order chi connectivity index (χ1) is 8.99. The number of rotatable bonds is 6. The van der Waals surface area contributed by atoms with Crippen molar-refractivity contribution in [3.8, 4) is 0 Å². The minimum absolute atomic E-state index is 0.0856. The number of halogens is 1. The van der Waals surface area contributed by atoms with Crippen LogP contribution in [0.1, 0.15) is 50.9 Å². The molecule has 1 rings (SSSR count). The topological polar surface area (TPSA) is 33.2 Å². The van der Waals surface area contributed by atoms with Crippen LogP contribution >= 0.6 is 15.9 Å². The molecule has 0 aliphatic carbocycles. The molecule has 0 saturated carbocycles. The summed E-state index contributed by atoms with van der Waals surface area (Å²) < 4.78 is 0.752. The number of nitrogens with zero attached hydrogens (tertiary/aromatic N) is 2. The highest BCUT2D eigenvalue weighted by Crippen LogP contribution is 2.16. The quantitative estimate of drug-likeness (QED) is 0.736. The lowest BCUT2D eigenvalue weighted by atomic mass is 10.1. The van der Waals surface area contributed by atoms with E-state index in [2.05, 4.69) is 48.6 Å². The maximum Gasteiger partial charge on any atom is 0.255 e. The second-order valence-electron chi connectivity index (χ2n) is 5.19. The van der Waals surface area contributed by atoms with Gasteiger partial charge in [0.25, 0.3) is 5.91 Å². The lowest BCUT2D eigenvalue weighted by Gasteiger charge is -2.32. The molecule has 1 aromatic heterocycles. The minimum Gasteiger partial charge on any atom is -0.335 e. The van der Waals surface area contributed by atoms with Gasteiger partial charge in [-0.3, -0.25) is 4.79 Å². The van der Waals surface area contributed by atoms with Crippen LogP contribution in [0.15, 0.2) is 22.9 Å². The summed E-state index contributed by atoms with van der Waals surface area (Å²) in [4.78, 5) is 18.8. The fourth-order valence-corrected chi connectivity index (χ4v) is 2.42. The number of carbonyl (C=O) groups is 1. The van der Waals surface area contributed by atoms with Gasteiger partial charge < -0.3 is 4.90 Å². The van der Waals surface area contributed by atoms with Crippen LogP contribution in [-0.2, 0) is 0 Å². The first kappa shape index (κ1) is 16.2. The third-order valence-electron chi connectivity index (χ3n) is 3.18. The molecule has 0 aliphatic rings. The zero-order chi connectivity index (χ0) is 14.4. The van der Waals surface area contributed by atoms with E-state index in [9.17, 15) is 4.79 Å². The Morgan fingerprint density at radius 3 is 2.37 bits per heavy atom. The lowest BCUT2D eigenvalue weighted by molar-refractivity contribution is 0.0640. The Morgan fingerprint density at radius 1 is 1.32 bits per heavy atom. The van der Waals surface area contributed by atoms with E-state index in [1.807, 2.05) is 17.0 Å². The van der Waals surface area contributed by atoms with E-state index in [1.165, 1.54) is 0 Å². The maximum atomic E-state index is 12.6. The Morgan fingerprint density at radius 2 is 1.95 bits per heavy atom. The molecule has 0 aliphatic heterocycles. The molecule has 0 unspecified atom stereocenters. The molecule has 0 spiro atoms. The Balaban J connectivity index is 2.96. The van der Waals surface area contributed by atoms with Gasteiger partial charge in [-0.25, -0.2) is 4.98 Å². The van der Waals surface area contributed by atoms with Crippen LogP contribution < -0.4 is 0 Å². The van der Waals surface area contributed by atoms with Crippen molar-refractivity contribution in [1.82, 2.24) is 9.88 Å². The third kappa shape index (κ3) is 4.60. The zero-order valence-electron chi connectivity index (χ0n) is 12.2. The molecule has 0 atom stereocenters. The van der Waals surface area contributed by atoms with Crippen molar-refractivity contribution in [2.75, 3.05) is 6.54 Å². The second-order valence-corrected chi connectivity index (χ2v) is 6.00. The number of aromatic nitrogens is 1. The van der Waals surface area contributed by atoms with Gasteiger partial charge in [0.05, 0.1) is 5.56 Å². The molecule has 0 fully saturated rings. The lowest BCUT2D eigenvalue weighted by Crippen LogP contribution is -2.42. The SMILES string of the molecule is CCC(CC)N(CC(C)C)C(=O)c1ccc(Br)nc1. The summed E-state index contributed by atoms with van der Waals surface area (Å²) in [6.45, 7) is 9.34. The predicted octanol–water partition coefficient (Wildman–Crippen LogP) is 4.13. The maximum absolute atomic E-state index is 12.6. The molecule has 0 bridgehead atoms. The first-order valence-corrected chi connectivity index (χ1v) is 7.71. The van der Waals surface area contributed by atoms with E-state index in [0.29, 0.717) is 17.5 Å². The average molecular weight is 327 g/mol. The summed E-state index contributed by atoms with van der Waals surface area (Å²) in [6, 6.07) is 3.95. The van der Waals surface area contributed by atoms with Gasteiger partial charge >= 0.3 is 0 Å². The molecular formula is C15H23BrN2O. The van der Waals surface area contributed by atoms with Crippen LogP contribution in [0.25, 0.3) is 0 Å². The van der Waals surface area contributed by atoms with E-state index in [-0.39, 0.29) is 5.91 Å². The van der Waals surface area contributed by atoms with Crippen LogP contribution in [0.3, 0.4) is 0 Å². The van der Waals surface area contributed by atoms with Crippen molar-refractivity contribution >= 4 is 21.8 Å². The van der Waals surface area contributed by atoms with Crippen molar-refractivity contribution in [3.63, 3.8) is 0 Å². The minimum atomic E-state index is 0.0856. The highest BCUT2D eigenvalue weighted by Gasteiger charge is 2.23. The third-order valence-corrected chi connectivity index (χ3v) is 3.65. The monoisotopic (exact) mass is 326 g/mol. The molecule has 19 heavy (non-hydrogen) atoms. The van der Waals surface area contributed by atoms with Gasteiger partial charge in [0, 0.05) is 18.8 Å². The van der Waals surface area contributed by atoms with Crippen LogP contribution in [0.4, 0.5) is 0 Å². The van der Waals surface area contributed by atoms with E-state index < -0.39 is 0 Å². The highest BCUT2D eigenvalue weighted by molar-refractivity contribution is 9.10. The summed E-state index contributed by atoms with van der Waals surface area (Å²) in [6.07, 6.45) is 3.61. The van der Waals surface area contributed by atoms with E-state index in [4.69, 9.17) is 0 Å². The van der Waals surface area contributed by atoms with Crippen molar-refractivity contribution < 1.29 is 4.79 Å². The summed E-state index contributed by atoms with van der Waals surface area (Å²) in [7, 11) is 0. The summed E-state index contributed by atoms with van der Waals surface area (Å²) >= 11 is 3.29. The number of hydrogen-bond donors (Lipinski definition) is 0. The number of amides is 1. The number of carbonyl (C=O) groups excluding carboxylic acids is 1. The molecule has 0 radical (unpaired) electrons. The van der Waals surface area contributed by atoms with Crippen molar-refractivity contribution in [2.24, 2.45) is 5.92 Å². The molecule has 0 N–H and O–H groups in total.